The Hall–Kier alpha value is -1.95. The fourth-order valence-electron chi connectivity index (χ4n) is 3.31. The van der Waals surface area contributed by atoms with Gasteiger partial charge in [-0.15, -0.1) is 0 Å². The number of aliphatic hydroxyl groups is 1. The fourth-order valence-corrected chi connectivity index (χ4v) is 3.74. The first-order valence-electron chi connectivity index (χ1n) is 9.58. The van der Waals surface area contributed by atoms with E-state index < -0.39 is 18.2 Å². The van der Waals surface area contributed by atoms with Crippen LogP contribution in [-0.4, -0.2) is 36.5 Å². The molecule has 2 aromatic rings. The van der Waals surface area contributed by atoms with Gasteiger partial charge in [-0.25, -0.2) is 0 Å². The monoisotopic (exact) mass is 438 g/mol. The van der Waals surface area contributed by atoms with Crippen LogP contribution >= 0.6 is 23.2 Å². The van der Waals surface area contributed by atoms with Crippen LogP contribution in [0.25, 0.3) is 0 Å². The zero-order valence-electron chi connectivity index (χ0n) is 16.2. The van der Waals surface area contributed by atoms with Crippen LogP contribution < -0.4 is 9.47 Å². The Kier molecular flexibility index (Phi) is 7.64. The highest BCUT2D eigenvalue weighted by Gasteiger charge is 2.28. The highest BCUT2D eigenvalue weighted by atomic mass is 35.5. The van der Waals surface area contributed by atoms with Crippen LogP contribution in [0.5, 0.6) is 11.5 Å². The Morgan fingerprint density at radius 1 is 1.14 bits per heavy atom. The van der Waals surface area contributed by atoms with Gasteiger partial charge in [-0.1, -0.05) is 23.2 Å². The molecule has 0 saturated carbocycles. The van der Waals surface area contributed by atoms with Gasteiger partial charge in [0.2, 0.25) is 0 Å². The first-order valence-corrected chi connectivity index (χ1v) is 10.3. The van der Waals surface area contributed by atoms with E-state index >= 15 is 0 Å². The minimum Gasteiger partial charge on any atom is -0.494 e. The van der Waals surface area contributed by atoms with Gasteiger partial charge in [0, 0.05) is 16.5 Å². The van der Waals surface area contributed by atoms with Crippen LogP contribution in [0.3, 0.4) is 0 Å². The Labute approximate surface area is 180 Å². The number of halogens is 2. The molecule has 156 valence electrons. The van der Waals surface area contributed by atoms with Gasteiger partial charge in [-0.2, -0.15) is 0 Å². The number of ether oxygens (including phenoxy) is 3. The molecular formula is C22H24Cl2O5. The average Bonchev–Trinajstić information content (AvgIpc) is 2.65. The topological polar surface area (TPSA) is 65.0 Å². The van der Waals surface area contributed by atoms with Crippen molar-refractivity contribution in [3.05, 3.63) is 57.6 Å². The molecule has 29 heavy (non-hydrogen) atoms. The number of aliphatic hydroxyl groups excluding tert-OH is 1. The van der Waals surface area contributed by atoms with E-state index in [0.29, 0.717) is 23.1 Å². The summed E-state index contributed by atoms with van der Waals surface area (Å²) < 4.78 is 17.0. The van der Waals surface area contributed by atoms with Crippen molar-refractivity contribution in [1.29, 1.82) is 0 Å². The zero-order chi connectivity index (χ0) is 20.8. The largest absolute Gasteiger partial charge is 0.494 e. The first kappa shape index (κ1) is 21.8. The quantitative estimate of drug-likeness (QED) is 0.475. The summed E-state index contributed by atoms with van der Waals surface area (Å²) in [5.74, 6) is 1.10. The van der Waals surface area contributed by atoms with Crippen molar-refractivity contribution < 1.29 is 24.1 Å². The number of aryl methyl sites for hydroxylation is 2. The minimum absolute atomic E-state index is 0.0370. The predicted molar refractivity (Wildman–Crippen MR) is 112 cm³/mol. The van der Waals surface area contributed by atoms with Gasteiger partial charge >= 0.3 is 5.97 Å². The van der Waals surface area contributed by atoms with E-state index in [2.05, 4.69) is 0 Å². The smallest absolute Gasteiger partial charge is 0.308 e. The van der Waals surface area contributed by atoms with E-state index in [-0.39, 0.29) is 13.0 Å². The van der Waals surface area contributed by atoms with Gasteiger partial charge < -0.3 is 19.3 Å². The molecule has 1 fully saturated rings. The second-order valence-electron chi connectivity index (χ2n) is 7.13. The summed E-state index contributed by atoms with van der Waals surface area (Å²) in [6.07, 6.45) is 0.772. The van der Waals surface area contributed by atoms with E-state index in [1.807, 2.05) is 31.2 Å². The molecule has 0 radical (unpaired) electrons. The third-order valence-corrected chi connectivity index (χ3v) is 5.11. The van der Waals surface area contributed by atoms with Crippen molar-refractivity contribution in [2.45, 2.75) is 44.8 Å². The zero-order valence-corrected chi connectivity index (χ0v) is 17.7. The average molecular weight is 439 g/mol. The Morgan fingerprint density at radius 2 is 1.90 bits per heavy atom. The number of hydrogen-bond acceptors (Lipinski definition) is 5. The van der Waals surface area contributed by atoms with Crippen LogP contribution in [0.15, 0.2) is 36.4 Å². The molecule has 1 aliphatic heterocycles. The number of carbonyl (C=O) groups is 1. The molecule has 0 spiro atoms. The normalized spacial score (nSPS) is 19.0. The van der Waals surface area contributed by atoms with Gasteiger partial charge in [0.1, 0.15) is 24.2 Å². The molecule has 0 aliphatic carbocycles. The second kappa shape index (κ2) is 10.2. The van der Waals surface area contributed by atoms with Crippen molar-refractivity contribution in [2.75, 3.05) is 13.2 Å². The number of cyclic esters (lactones) is 1. The molecule has 1 saturated heterocycles. The van der Waals surface area contributed by atoms with Gasteiger partial charge in [-0.05, 0) is 67.3 Å². The third-order valence-electron chi connectivity index (χ3n) is 4.64. The maximum Gasteiger partial charge on any atom is 0.308 e. The van der Waals surface area contributed by atoms with E-state index in [9.17, 15) is 9.90 Å². The van der Waals surface area contributed by atoms with Gasteiger partial charge in [0.05, 0.1) is 19.1 Å². The summed E-state index contributed by atoms with van der Waals surface area (Å²) in [5, 5.41) is 11.1. The molecule has 5 nitrogen and oxygen atoms in total. The molecule has 1 aliphatic rings. The molecular weight excluding hydrogens is 415 g/mol. The molecule has 2 atom stereocenters. The summed E-state index contributed by atoms with van der Waals surface area (Å²) in [6, 6.07) is 11.0. The number of hydrogen-bond donors (Lipinski definition) is 1. The summed E-state index contributed by atoms with van der Waals surface area (Å²) in [6.45, 7) is 2.66. The second-order valence-corrected chi connectivity index (χ2v) is 8.01. The van der Waals surface area contributed by atoms with E-state index in [0.717, 1.165) is 35.5 Å². The maximum atomic E-state index is 11.5. The van der Waals surface area contributed by atoms with E-state index in [4.69, 9.17) is 37.4 Å². The molecule has 1 heterocycles. The van der Waals surface area contributed by atoms with Crippen molar-refractivity contribution in [2.24, 2.45) is 0 Å². The Bertz CT molecular complexity index is 838. The van der Waals surface area contributed by atoms with Crippen LogP contribution in [0.4, 0.5) is 0 Å². The van der Waals surface area contributed by atoms with Gasteiger partial charge in [-0.3, -0.25) is 4.79 Å². The van der Waals surface area contributed by atoms with E-state index in [1.165, 1.54) is 0 Å². The fraction of sp³-hybridized carbons (Fsp3) is 0.409. The van der Waals surface area contributed by atoms with Crippen molar-refractivity contribution in [3.8, 4) is 11.5 Å². The molecule has 2 aromatic carbocycles. The van der Waals surface area contributed by atoms with Crippen molar-refractivity contribution in [3.63, 3.8) is 0 Å². The highest BCUT2D eigenvalue weighted by molar-refractivity contribution is 6.31. The lowest BCUT2D eigenvalue weighted by Crippen LogP contribution is -2.36. The van der Waals surface area contributed by atoms with Crippen LogP contribution in [-0.2, 0) is 16.0 Å². The molecule has 0 amide bonds. The lowest BCUT2D eigenvalue weighted by Gasteiger charge is -2.26. The molecule has 3 rings (SSSR count). The van der Waals surface area contributed by atoms with Crippen LogP contribution in [0.2, 0.25) is 10.0 Å². The molecule has 7 heteroatoms. The number of rotatable bonds is 8. The summed E-state index contributed by atoms with van der Waals surface area (Å²) in [4.78, 5) is 11.5. The first-order chi connectivity index (χ1) is 13.9. The molecule has 1 N–H and O–H groups in total. The number of carbonyl (C=O) groups excluding carboxylic acids is 1. The van der Waals surface area contributed by atoms with E-state index in [1.54, 1.807) is 12.1 Å². The lowest BCUT2D eigenvalue weighted by atomic mass is 10.0. The Morgan fingerprint density at radius 3 is 2.62 bits per heavy atom. The maximum absolute atomic E-state index is 11.5. The molecule has 0 bridgehead atoms. The highest BCUT2D eigenvalue weighted by Crippen LogP contribution is 2.30. The SMILES string of the molecule is Cc1cc(Cl)cc(CCCOc2ccc(Cl)cc2)c1OC[C@@H]1C[C@@H](O)CC(=O)O1. The van der Waals surface area contributed by atoms with Crippen molar-refractivity contribution >= 4 is 29.2 Å². The standard InChI is InChI=1S/C22H24Cl2O5/c1-14-9-17(24)10-15(3-2-8-27-19-6-4-16(23)5-7-19)22(14)28-13-20-11-18(25)12-21(26)29-20/h4-7,9-10,18,20,25H,2-3,8,11-13H2,1H3/t18-,20+/m1/s1. The summed E-state index contributed by atoms with van der Waals surface area (Å²) in [5.41, 5.74) is 1.88. The number of esters is 1. The number of benzene rings is 2. The summed E-state index contributed by atoms with van der Waals surface area (Å²) >= 11 is 12.1. The lowest BCUT2D eigenvalue weighted by molar-refractivity contribution is -0.162. The Balaban J connectivity index is 1.57. The van der Waals surface area contributed by atoms with Crippen molar-refractivity contribution in [1.82, 2.24) is 0 Å². The minimum atomic E-state index is -0.680. The predicted octanol–water partition coefficient (Wildman–Crippen LogP) is 4.76. The molecule has 0 aromatic heterocycles. The summed E-state index contributed by atoms with van der Waals surface area (Å²) in [7, 11) is 0. The van der Waals surface area contributed by atoms with Crippen LogP contribution in [0, 0.1) is 6.92 Å². The van der Waals surface area contributed by atoms with Gasteiger partial charge in [0.25, 0.3) is 0 Å². The van der Waals surface area contributed by atoms with Gasteiger partial charge in [0.15, 0.2) is 0 Å². The third kappa shape index (κ3) is 6.53. The molecule has 0 unspecified atom stereocenters. The van der Waals surface area contributed by atoms with Crippen LogP contribution in [0.1, 0.15) is 30.4 Å².